The van der Waals surface area contributed by atoms with E-state index in [0.717, 1.165) is 0 Å². The number of ether oxygens (including phenoxy) is 2. The van der Waals surface area contributed by atoms with Crippen LogP contribution in [-0.4, -0.2) is 24.3 Å². The molecule has 5 heteroatoms. The first-order valence-corrected chi connectivity index (χ1v) is 7.23. The van der Waals surface area contributed by atoms with Crippen molar-refractivity contribution in [2.24, 2.45) is 0 Å². The quantitative estimate of drug-likeness (QED) is 0.878. The fourth-order valence-electron chi connectivity index (χ4n) is 2.71. The minimum Gasteiger partial charge on any atom is -0.461 e. The molecule has 0 spiro atoms. The molecule has 1 aliphatic rings. The molecule has 0 radical (unpaired) electrons. The number of hydrogen-bond donors (Lipinski definition) is 1. The van der Waals surface area contributed by atoms with Gasteiger partial charge in [-0.3, -0.25) is 0 Å². The molecular weight excluding hydrogens is 294 g/mol. The molecule has 5 nitrogen and oxygen atoms in total. The van der Waals surface area contributed by atoms with E-state index in [0.29, 0.717) is 16.7 Å². The van der Waals surface area contributed by atoms with Crippen molar-refractivity contribution >= 4 is 5.97 Å². The lowest BCUT2D eigenvalue weighted by Crippen LogP contribution is -2.49. The summed E-state index contributed by atoms with van der Waals surface area (Å²) in [6.07, 6.45) is -1.24. The van der Waals surface area contributed by atoms with E-state index in [1.165, 1.54) is 0 Å². The van der Waals surface area contributed by atoms with Crippen LogP contribution in [0.4, 0.5) is 0 Å². The van der Waals surface area contributed by atoms with E-state index in [-0.39, 0.29) is 13.2 Å². The molecule has 0 amide bonds. The molecule has 1 N–H and O–H groups in total. The summed E-state index contributed by atoms with van der Waals surface area (Å²) in [7, 11) is 0. The second-order valence-electron chi connectivity index (χ2n) is 5.22. The molecule has 116 valence electrons. The topological polar surface area (TPSA) is 79.6 Å². The number of nitriles is 1. The summed E-state index contributed by atoms with van der Waals surface area (Å²) in [4.78, 5) is 12.5. The molecule has 1 aliphatic heterocycles. The van der Waals surface area contributed by atoms with Crippen LogP contribution in [0.15, 0.2) is 54.6 Å². The molecule has 0 aliphatic carbocycles. The molecule has 1 fully saturated rings. The number of cyclic esters (lactones) is 1. The van der Waals surface area contributed by atoms with Crippen LogP contribution in [0.1, 0.15) is 22.8 Å². The first kappa shape index (κ1) is 15.2. The number of nitrogens with zero attached hydrogens (tertiary/aromatic N) is 1. The minimum atomic E-state index is -1.60. The summed E-state index contributed by atoms with van der Waals surface area (Å²) in [6, 6.07) is 17.2. The minimum absolute atomic E-state index is 0.160. The summed E-state index contributed by atoms with van der Waals surface area (Å²) in [5.41, 5.74) is -0.122. The van der Waals surface area contributed by atoms with Gasteiger partial charge in [-0.25, -0.2) is 4.79 Å². The average molecular weight is 309 g/mol. The lowest BCUT2D eigenvalue weighted by molar-refractivity contribution is -0.216. The van der Waals surface area contributed by atoms with E-state index in [1.807, 2.05) is 12.1 Å². The summed E-state index contributed by atoms with van der Waals surface area (Å²) in [5, 5.41) is 19.7. The highest BCUT2D eigenvalue weighted by atomic mass is 16.6. The van der Waals surface area contributed by atoms with Crippen molar-refractivity contribution in [2.45, 2.75) is 11.7 Å². The van der Waals surface area contributed by atoms with E-state index >= 15 is 0 Å². The molecular formula is C18H15NO4. The maximum atomic E-state index is 12.5. The van der Waals surface area contributed by atoms with Gasteiger partial charge in [0.05, 0.1) is 18.2 Å². The maximum absolute atomic E-state index is 12.5. The molecule has 3 rings (SSSR count). The van der Waals surface area contributed by atoms with Crippen molar-refractivity contribution in [1.29, 1.82) is 5.26 Å². The van der Waals surface area contributed by atoms with E-state index < -0.39 is 17.7 Å². The SMILES string of the molecule is N#Cc1ccc([C@@H](O)[C@@]2(c3ccccc3)OCCOC2=O)cc1. The summed E-state index contributed by atoms with van der Waals surface area (Å²) < 4.78 is 10.9. The Morgan fingerprint density at radius 3 is 2.39 bits per heavy atom. The van der Waals surface area contributed by atoms with Gasteiger partial charge >= 0.3 is 5.97 Å². The average Bonchev–Trinajstić information content (AvgIpc) is 2.62. The van der Waals surface area contributed by atoms with Crippen molar-refractivity contribution in [3.05, 3.63) is 71.3 Å². The maximum Gasteiger partial charge on any atom is 0.346 e. The summed E-state index contributed by atoms with van der Waals surface area (Å²) in [6.45, 7) is 0.363. The van der Waals surface area contributed by atoms with Crippen molar-refractivity contribution < 1.29 is 19.4 Å². The van der Waals surface area contributed by atoms with Crippen molar-refractivity contribution in [3.8, 4) is 6.07 Å². The molecule has 0 aromatic heterocycles. The standard InChI is InChI=1S/C18H15NO4/c19-12-13-6-8-14(9-7-13)16(20)18(15-4-2-1-3-5-15)17(21)22-10-11-23-18/h1-9,16,20H,10-11H2/t16-,18-/m1/s1. The largest absolute Gasteiger partial charge is 0.461 e. The molecule has 2 aromatic carbocycles. The molecule has 2 aromatic rings. The second kappa shape index (κ2) is 6.21. The zero-order chi connectivity index (χ0) is 16.3. The van der Waals surface area contributed by atoms with Crippen LogP contribution in [0.2, 0.25) is 0 Å². The molecule has 0 unspecified atom stereocenters. The molecule has 1 heterocycles. The van der Waals surface area contributed by atoms with Gasteiger partial charge in [0.2, 0.25) is 5.60 Å². The first-order valence-electron chi connectivity index (χ1n) is 7.23. The Balaban J connectivity index is 2.08. The Morgan fingerprint density at radius 2 is 1.78 bits per heavy atom. The Morgan fingerprint density at radius 1 is 1.09 bits per heavy atom. The van der Waals surface area contributed by atoms with Crippen LogP contribution in [0.3, 0.4) is 0 Å². The number of esters is 1. The van der Waals surface area contributed by atoms with Crippen LogP contribution in [-0.2, 0) is 19.9 Å². The van der Waals surface area contributed by atoms with Gasteiger partial charge in [0.25, 0.3) is 0 Å². The van der Waals surface area contributed by atoms with Crippen LogP contribution >= 0.6 is 0 Å². The Labute approximate surface area is 133 Å². The van der Waals surface area contributed by atoms with Gasteiger partial charge in [-0.1, -0.05) is 42.5 Å². The van der Waals surface area contributed by atoms with Gasteiger partial charge in [-0.05, 0) is 23.3 Å². The third-order valence-electron chi connectivity index (χ3n) is 3.89. The summed E-state index contributed by atoms with van der Waals surface area (Å²) >= 11 is 0. The van der Waals surface area contributed by atoms with Crippen molar-refractivity contribution in [1.82, 2.24) is 0 Å². The number of benzene rings is 2. The van der Waals surface area contributed by atoms with Gasteiger partial charge in [-0.2, -0.15) is 5.26 Å². The Kier molecular flexibility index (Phi) is 4.11. The molecule has 2 atom stereocenters. The lowest BCUT2D eigenvalue weighted by atomic mass is 9.83. The van der Waals surface area contributed by atoms with Gasteiger partial charge in [-0.15, -0.1) is 0 Å². The van der Waals surface area contributed by atoms with Gasteiger partial charge in [0.15, 0.2) is 0 Å². The third-order valence-corrected chi connectivity index (χ3v) is 3.89. The van der Waals surface area contributed by atoms with Gasteiger partial charge < -0.3 is 14.6 Å². The van der Waals surface area contributed by atoms with E-state index in [1.54, 1.807) is 48.5 Å². The zero-order valence-corrected chi connectivity index (χ0v) is 12.3. The predicted molar refractivity (Wildman–Crippen MR) is 81.1 cm³/mol. The van der Waals surface area contributed by atoms with Gasteiger partial charge in [0, 0.05) is 0 Å². The van der Waals surface area contributed by atoms with Gasteiger partial charge in [0.1, 0.15) is 12.7 Å². The van der Waals surface area contributed by atoms with Crippen LogP contribution < -0.4 is 0 Å². The number of aliphatic hydroxyl groups excluding tert-OH is 1. The Bertz CT molecular complexity index is 736. The summed E-state index contributed by atoms with van der Waals surface area (Å²) in [5.74, 6) is -0.619. The van der Waals surface area contributed by atoms with Crippen molar-refractivity contribution in [3.63, 3.8) is 0 Å². The van der Waals surface area contributed by atoms with E-state index in [4.69, 9.17) is 14.7 Å². The van der Waals surface area contributed by atoms with Crippen LogP contribution in [0, 0.1) is 11.3 Å². The van der Waals surface area contributed by atoms with E-state index in [2.05, 4.69) is 0 Å². The Hall–Kier alpha value is -2.68. The predicted octanol–water partition coefficient (Wildman–Crippen LogP) is 2.06. The molecule has 0 bridgehead atoms. The second-order valence-corrected chi connectivity index (χ2v) is 5.22. The zero-order valence-electron chi connectivity index (χ0n) is 12.3. The number of rotatable bonds is 3. The fraction of sp³-hybridized carbons (Fsp3) is 0.222. The molecule has 23 heavy (non-hydrogen) atoms. The lowest BCUT2D eigenvalue weighted by Gasteiger charge is -2.39. The number of carbonyl (C=O) groups is 1. The first-order chi connectivity index (χ1) is 11.2. The van der Waals surface area contributed by atoms with Crippen molar-refractivity contribution in [2.75, 3.05) is 13.2 Å². The third kappa shape index (κ3) is 2.59. The van der Waals surface area contributed by atoms with Crippen LogP contribution in [0.5, 0.6) is 0 Å². The smallest absolute Gasteiger partial charge is 0.346 e. The normalized spacial score (nSPS) is 22.0. The number of carbonyl (C=O) groups excluding carboxylic acids is 1. The fourth-order valence-corrected chi connectivity index (χ4v) is 2.71. The van der Waals surface area contributed by atoms with Crippen LogP contribution in [0.25, 0.3) is 0 Å². The molecule has 1 saturated heterocycles. The highest BCUT2D eigenvalue weighted by Crippen LogP contribution is 2.41. The highest BCUT2D eigenvalue weighted by molar-refractivity contribution is 5.83. The number of aliphatic hydroxyl groups is 1. The monoisotopic (exact) mass is 309 g/mol. The molecule has 0 saturated carbocycles. The van der Waals surface area contributed by atoms with E-state index in [9.17, 15) is 9.90 Å². The highest BCUT2D eigenvalue weighted by Gasteiger charge is 2.52. The number of hydrogen-bond acceptors (Lipinski definition) is 5.